The highest BCUT2D eigenvalue weighted by atomic mass is 35.5. The molecule has 0 heterocycles. The Balaban J connectivity index is 1.75. The van der Waals surface area contributed by atoms with Gasteiger partial charge in [0.05, 0.1) is 0 Å². The third-order valence-electron chi connectivity index (χ3n) is 2.62. The van der Waals surface area contributed by atoms with E-state index in [0.29, 0.717) is 22.3 Å². The van der Waals surface area contributed by atoms with E-state index in [1.54, 1.807) is 36.4 Å². The second-order valence-electron chi connectivity index (χ2n) is 4.31. The van der Waals surface area contributed by atoms with Gasteiger partial charge in [-0.3, -0.25) is 0 Å². The van der Waals surface area contributed by atoms with Crippen molar-refractivity contribution in [2.75, 3.05) is 18.5 Å². The maximum absolute atomic E-state index is 9.85. The second-order valence-corrected chi connectivity index (χ2v) is 5.18. The first-order chi connectivity index (χ1) is 9.63. The van der Waals surface area contributed by atoms with Crippen LogP contribution in [0.5, 0.6) is 5.75 Å². The lowest BCUT2D eigenvalue weighted by Crippen LogP contribution is -2.26. The molecular formula is C15H15Cl2NO2. The molecule has 2 N–H and O–H groups in total. The lowest BCUT2D eigenvalue weighted by molar-refractivity contribution is 0.117. The van der Waals surface area contributed by atoms with Crippen LogP contribution >= 0.6 is 23.2 Å². The van der Waals surface area contributed by atoms with Gasteiger partial charge in [0.15, 0.2) is 0 Å². The van der Waals surface area contributed by atoms with Gasteiger partial charge < -0.3 is 15.2 Å². The molecule has 1 unspecified atom stereocenters. The summed E-state index contributed by atoms with van der Waals surface area (Å²) in [6.45, 7) is 0.586. The van der Waals surface area contributed by atoms with E-state index in [0.717, 1.165) is 5.69 Å². The molecule has 0 saturated heterocycles. The maximum Gasteiger partial charge on any atom is 0.120 e. The molecule has 2 aromatic carbocycles. The molecule has 2 aromatic rings. The number of hydrogen-bond donors (Lipinski definition) is 2. The van der Waals surface area contributed by atoms with Gasteiger partial charge in [-0.2, -0.15) is 0 Å². The van der Waals surface area contributed by atoms with Crippen LogP contribution in [0.15, 0.2) is 48.5 Å². The van der Waals surface area contributed by atoms with Crippen molar-refractivity contribution in [3.8, 4) is 5.75 Å². The normalized spacial score (nSPS) is 11.9. The van der Waals surface area contributed by atoms with Crippen LogP contribution in [0.1, 0.15) is 0 Å². The summed E-state index contributed by atoms with van der Waals surface area (Å²) in [6, 6.07) is 14.4. The fraction of sp³-hybridized carbons (Fsp3) is 0.200. The molecule has 0 fully saturated rings. The summed E-state index contributed by atoms with van der Waals surface area (Å²) in [4.78, 5) is 0. The Morgan fingerprint density at radius 3 is 2.50 bits per heavy atom. The number of anilines is 1. The zero-order chi connectivity index (χ0) is 14.4. The molecule has 20 heavy (non-hydrogen) atoms. The third-order valence-corrected chi connectivity index (χ3v) is 3.11. The summed E-state index contributed by atoms with van der Waals surface area (Å²) in [6.07, 6.45) is -0.621. The van der Waals surface area contributed by atoms with E-state index in [1.165, 1.54) is 0 Å². The SMILES string of the molecule is OC(CNc1ccc(Cl)cc1)COc1cccc(Cl)c1. The highest BCUT2D eigenvalue weighted by Gasteiger charge is 2.05. The predicted molar refractivity (Wildman–Crippen MR) is 82.9 cm³/mol. The van der Waals surface area contributed by atoms with Crippen LogP contribution in [0.4, 0.5) is 5.69 Å². The number of aliphatic hydroxyl groups excluding tert-OH is 1. The monoisotopic (exact) mass is 311 g/mol. The summed E-state index contributed by atoms with van der Waals surface area (Å²) in [5.74, 6) is 0.642. The van der Waals surface area contributed by atoms with Gasteiger partial charge in [0, 0.05) is 22.3 Å². The van der Waals surface area contributed by atoms with E-state index in [9.17, 15) is 5.11 Å². The van der Waals surface area contributed by atoms with Gasteiger partial charge in [0.2, 0.25) is 0 Å². The Kier molecular flexibility index (Phi) is 5.53. The lowest BCUT2D eigenvalue weighted by Gasteiger charge is -2.14. The zero-order valence-electron chi connectivity index (χ0n) is 10.7. The fourth-order valence-electron chi connectivity index (χ4n) is 1.61. The molecule has 0 aliphatic carbocycles. The average molecular weight is 312 g/mol. The molecule has 0 saturated carbocycles. The molecular weight excluding hydrogens is 297 g/mol. The van der Waals surface area contributed by atoms with Crippen LogP contribution in [0, 0.1) is 0 Å². The summed E-state index contributed by atoms with van der Waals surface area (Å²) in [5.41, 5.74) is 0.899. The molecule has 3 nitrogen and oxygen atoms in total. The quantitative estimate of drug-likeness (QED) is 0.851. The standard InChI is InChI=1S/C15H15Cl2NO2/c16-11-4-6-13(7-5-11)18-9-14(19)10-20-15-3-1-2-12(17)8-15/h1-8,14,18-19H,9-10H2. The van der Waals surface area contributed by atoms with Crippen LogP contribution in [0.3, 0.4) is 0 Å². The predicted octanol–water partition coefficient (Wildman–Crippen LogP) is 3.85. The number of benzene rings is 2. The van der Waals surface area contributed by atoms with E-state index in [-0.39, 0.29) is 6.61 Å². The van der Waals surface area contributed by atoms with Gasteiger partial charge in [-0.05, 0) is 42.5 Å². The largest absolute Gasteiger partial charge is 0.491 e. The highest BCUT2D eigenvalue weighted by Crippen LogP contribution is 2.17. The zero-order valence-corrected chi connectivity index (χ0v) is 12.2. The van der Waals surface area contributed by atoms with Crippen LogP contribution < -0.4 is 10.1 Å². The summed E-state index contributed by atoms with van der Waals surface area (Å²) in [5, 5.41) is 14.2. The number of ether oxygens (including phenoxy) is 1. The van der Waals surface area contributed by atoms with E-state index >= 15 is 0 Å². The second kappa shape index (κ2) is 7.39. The van der Waals surface area contributed by atoms with Crippen molar-refractivity contribution in [2.24, 2.45) is 0 Å². The van der Waals surface area contributed by atoms with Crippen LogP contribution in [-0.2, 0) is 0 Å². The van der Waals surface area contributed by atoms with Crippen molar-refractivity contribution in [1.29, 1.82) is 0 Å². The van der Waals surface area contributed by atoms with Crippen LogP contribution in [0.25, 0.3) is 0 Å². The highest BCUT2D eigenvalue weighted by molar-refractivity contribution is 6.30. The van der Waals surface area contributed by atoms with Crippen LogP contribution in [-0.4, -0.2) is 24.4 Å². The van der Waals surface area contributed by atoms with Crippen molar-refractivity contribution < 1.29 is 9.84 Å². The van der Waals surface area contributed by atoms with Gasteiger partial charge in [-0.25, -0.2) is 0 Å². The molecule has 0 aromatic heterocycles. The third kappa shape index (κ3) is 4.93. The minimum absolute atomic E-state index is 0.195. The molecule has 106 valence electrons. The minimum Gasteiger partial charge on any atom is -0.491 e. The molecule has 1 atom stereocenters. The fourth-order valence-corrected chi connectivity index (χ4v) is 1.92. The minimum atomic E-state index is -0.621. The first-order valence-corrected chi connectivity index (χ1v) is 6.95. The van der Waals surface area contributed by atoms with Crippen LogP contribution in [0.2, 0.25) is 10.0 Å². The molecule has 0 amide bonds. The Bertz CT molecular complexity index is 546. The van der Waals surface area contributed by atoms with Gasteiger partial charge in [-0.1, -0.05) is 29.3 Å². The molecule has 0 aliphatic heterocycles. The Hall–Kier alpha value is -1.42. The number of hydrogen-bond acceptors (Lipinski definition) is 3. The van der Waals surface area contributed by atoms with Crippen molar-refractivity contribution in [3.63, 3.8) is 0 Å². The van der Waals surface area contributed by atoms with Crippen molar-refractivity contribution in [2.45, 2.75) is 6.10 Å². The van der Waals surface area contributed by atoms with Crippen molar-refractivity contribution in [1.82, 2.24) is 0 Å². The summed E-state index contributed by atoms with van der Waals surface area (Å²) in [7, 11) is 0. The number of nitrogens with one attached hydrogen (secondary N) is 1. The van der Waals surface area contributed by atoms with Gasteiger partial charge in [0.1, 0.15) is 18.5 Å². The average Bonchev–Trinajstić information content (AvgIpc) is 2.45. The van der Waals surface area contributed by atoms with Gasteiger partial charge >= 0.3 is 0 Å². The topological polar surface area (TPSA) is 41.5 Å². The molecule has 5 heteroatoms. The number of aliphatic hydroxyl groups is 1. The maximum atomic E-state index is 9.85. The molecule has 0 spiro atoms. The van der Waals surface area contributed by atoms with Gasteiger partial charge in [0.25, 0.3) is 0 Å². The van der Waals surface area contributed by atoms with Crippen molar-refractivity contribution in [3.05, 3.63) is 58.6 Å². The van der Waals surface area contributed by atoms with E-state index < -0.39 is 6.10 Å². The molecule has 2 rings (SSSR count). The summed E-state index contributed by atoms with van der Waals surface area (Å²) >= 11 is 11.6. The smallest absolute Gasteiger partial charge is 0.120 e. The van der Waals surface area contributed by atoms with E-state index in [4.69, 9.17) is 27.9 Å². The molecule has 0 radical (unpaired) electrons. The van der Waals surface area contributed by atoms with Crippen molar-refractivity contribution >= 4 is 28.9 Å². The molecule has 0 aliphatic rings. The number of halogens is 2. The summed E-state index contributed by atoms with van der Waals surface area (Å²) < 4.78 is 5.46. The first kappa shape index (κ1) is 15.0. The van der Waals surface area contributed by atoms with E-state index in [1.807, 2.05) is 12.1 Å². The Morgan fingerprint density at radius 1 is 1.05 bits per heavy atom. The lowest BCUT2D eigenvalue weighted by atomic mass is 10.3. The molecule has 0 bridgehead atoms. The Labute approximate surface area is 128 Å². The Morgan fingerprint density at radius 2 is 1.80 bits per heavy atom. The van der Waals surface area contributed by atoms with E-state index in [2.05, 4.69) is 5.32 Å². The first-order valence-electron chi connectivity index (χ1n) is 6.19. The number of rotatable bonds is 6. The van der Waals surface area contributed by atoms with Gasteiger partial charge in [-0.15, -0.1) is 0 Å².